The second-order valence-corrected chi connectivity index (χ2v) is 1.88. The van der Waals surface area contributed by atoms with Crippen molar-refractivity contribution >= 4 is 6.21 Å². The largest absolute Gasteiger partial charge is 0.394 e. The second kappa shape index (κ2) is 2.43. The van der Waals surface area contributed by atoms with Gasteiger partial charge in [0.2, 0.25) is 0 Å². The van der Waals surface area contributed by atoms with Crippen molar-refractivity contribution in [1.29, 1.82) is 0 Å². The third-order valence-electron chi connectivity index (χ3n) is 1.17. The fourth-order valence-electron chi connectivity index (χ4n) is 0.643. The van der Waals surface area contributed by atoms with Crippen LogP contribution in [-0.4, -0.2) is 6.21 Å². The molecule has 1 aliphatic rings. The molecule has 0 saturated carbocycles. The van der Waals surface area contributed by atoms with Crippen LogP contribution >= 0.6 is 0 Å². The van der Waals surface area contributed by atoms with Gasteiger partial charge in [0.05, 0.1) is 5.70 Å². The van der Waals surface area contributed by atoms with Gasteiger partial charge in [-0.15, -0.1) is 0 Å². The normalized spacial score (nSPS) is 17.9. The van der Waals surface area contributed by atoms with Gasteiger partial charge in [0.15, 0.2) is 5.82 Å². The maximum atomic E-state index is 5.55. The SMILES string of the molecule is C=C1NNC(N=CC)=C1N. The summed E-state index contributed by atoms with van der Waals surface area (Å²) in [5.74, 6) is 0.632. The molecule has 0 aliphatic carbocycles. The summed E-state index contributed by atoms with van der Waals surface area (Å²) in [6.45, 7) is 5.46. The summed E-state index contributed by atoms with van der Waals surface area (Å²) in [5, 5.41) is 0. The summed E-state index contributed by atoms with van der Waals surface area (Å²) in [6, 6.07) is 0. The first kappa shape index (κ1) is 6.67. The van der Waals surface area contributed by atoms with Crippen LogP contribution in [0.4, 0.5) is 0 Å². The van der Waals surface area contributed by atoms with Gasteiger partial charge in [-0.3, -0.25) is 10.9 Å². The van der Waals surface area contributed by atoms with Crippen LogP contribution in [0.3, 0.4) is 0 Å². The minimum Gasteiger partial charge on any atom is -0.394 e. The first-order valence-electron chi connectivity index (χ1n) is 2.95. The molecule has 0 aromatic heterocycles. The fourth-order valence-corrected chi connectivity index (χ4v) is 0.643. The van der Waals surface area contributed by atoms with Gasteiger partial charge in [-0.05, 0) is 6.92 Å². The lowest BCUT2D eigenvalue weighted by atomic mass is 10.4. The number of rotatable bonds is 1. The van der Waals surface area contributed by atoms with Gasteiger partial charge in [-0.1, -0.05) is 6.58 Å². The molecule has 4 nitrogen and oxygen atoms in total. The Hall–Kier alpha value is -1.45. The first-order valence-corrected chi connectivity index (χ1v) is 2.95. The van der Waals surface area contributed by atoms with E-state index in [2.05, 4.69) is 22.4 Å². The van der Waals surface area contributed by atoms with Crippen molar-refractivity contribution < 1.29 is 0 Å². The van der Waals surface area contributed by atoms with Gasteiger partial charge in [-0.2, -0.15) is 0 Å². The molecule has 4 heteroatoms. The third-order valence-corrected chi connectivity index (χ3v) is 1.17. The quantitative estimate of drug-likeness (QED) is 0.441. The zero-order valence-corrected chi connectivity index (χ0v) is 5.81. The zero-order valence-electron chi connectivity index (χ0n) is 5.81. The Balaban J connectivity index is 2.85. The third kappa shape index (κ3) is 0.953. The summed E-state index contributed by atoms with van der Waals surface area (Å²) in [5.41, 5.74) is 12.3. The minimum atomic E-state index is 0.568. The number of nitrogens with one attached hydrogen (secondary N) is 2. The van der Waals surface area contributed by atoms with E-state index in [-0.39, 0.29) is 0 Å². The summed E-state index contributed by atoms with van der Waals surface area (Å²) >= 11 is 0. The molecule has 4 N–H and O–H groups in total. The Morgan fingerprint density at radius 2 is 2.30 bits per heavy atom. The van der Waals surface area contributed by atoms with Crippen LogP contribution in [0.2, 0.25) is 0 Å². The molecule has 0 aromatic carbocycles. The summed E-state index contributed by atoms with van der Waals surface area (Å²) in [6.07, 6.45) is 1.66. The van der Waals surface area contributed by atoms with Crippen molar-refractivity contribution in [1.82, 2.24) is 10.9 Å². The number of nitrogens with zero attached hydrogens (tertiary/aromatic N) is 1. The smallest absolute Gasteiger partial charge is 0.169 e. The predicted octanol–water partition coefficient (Wildman–Crippen LogP) is -0.174. The van der Waals surface area contributed by atoms with E-state index in [0.29, 0.717) is 17.2 Å². The molecular weight excluding hydrogens is 128 g/mol. The van der Waals surface area contributed by atoms with E-state index < -0.39 is 0 Å². The van der Waals surface area contributed by atoms with E-state index in [1.807, 2.05) is 6.92 Å². The predicted molar refractivity (Wildman–Crippen MR) is 40.8 cm³/mol. The van der Waals surface area contributed by atoms with Crippen molar-refractivity contribution in [3.05, 3.63) is 23.8 Å². The number of hydrogen-bond acceptors (Lipinski definition) is 4. The van der Waals surface area contributed by atoms with Gasteiger partial charge >= 0.3 is 0 Å². The van der Waals surface area contributed by atoms with E-state index in [1.54, 1.807) is 6.21 Å². The highest BCUT2D eigenvalue weighted by Crippen LogP contribution is 2.08. The molecule has 0 bridgehead atoms. The molecular formula is C6H10N4. The Morgan fingerprint density at radius 1 is 1.60 bits per heavy atom. The van der Waals surface area contributed by atoms with E-state index >= 15 is 0 Å². The topological polar surface area (TPSA) is 62.4 Å². The maximum Gasteiger partial charge on any atom is 0.169 e. The maximum absolute atomic E-state index is 5.55. The van der Waals surface area contributed by atoms with Crippen molar-refractivity contribution in [2.45, 2.75) is 6.92 Å². The van der Waals surface area contributed by atoms with Crippen LogP contribution in [0.25, 0.3) is 0 Å². The molecule has 0 spiro atoms. The monoisotopic (exact) mass is 138 g/mol. The van der Waals surface area contributed by atoms with Crippen molar-refractivity contribution in [2.24, 2.45) is 10.7 Å². The van der Waals surface area contributed by atoms with E-state index in [9.17, 15) is 0 Å². The zero-order chi connectivity index (χ0) is 7.56. The van der Waals surface area contributed by atoms with E-state index in [1.165, 1.54) is 0 Å². The van der Waals surface area contributed by atoms with Gasteiger partial charge in [0.25, 0.3) is 0 Å². The number of hydrogen-bond donors (Lipinski definition) is 3. The molecule has 1 heterocycles. The van der Waals surface area contributed by atoms with Gasteiger partial charge in [0, 0.05) is 6.21 Å². The van der Waals surface area contributed by atoms with Crippen LogP contribution in [-0.2, 0) is 0 Å². The fraction of sp³-hybridized carbons (Fsp3) is 0.167. The highest BCUT2D eigenvalue weighted by atomic mass is 15.4. The number of nitrogens with two attached hydrogens (primary N) is 1. The first-order chi connectivity index (χ1) is 4.75. The summed E-state index contributed by atoms with van der Waals surface area (Å²) < 4.78 is 0. The molecule has 0 radical (unpaired) electrons. The molecule has 0 atom stereocenters. The van der Waals surface area contributed by atoms with Crippen LogP contribution in [0.1, 0.15) is 6.92 Å². The molecule has 0 amide bonds. The highest BCUT2D eigenvalue weighted by molar-refractivity contribution is 5.56. The number of hydrazine groups is 1. The molecule has 0 saturated heterocycles. The average Bonchev–Trinajstić information content (AvgIpc) is 2.20. The van der Waals surface area contributed by atoms with Crippen LogP contribution in [0.5, 0.6) is 0 Å². The Labute approximate surface area is 59.5 Å². The van der Waals surface area contributed by atoms with Crippen LogP contribution < -0.4 is 16.6 Å². The molecule has 0 fully saturated rings. The Bertz CT molecular complexity index is 214. The van der Waals surface area contributed by atoms with Crippen molar-refractivity contribution in [2.75, 3.05) is 0 Å². The van der Waals surface area contributed by atoms with E-state index in [4.69, 9.17) is 5.73 Å². The van der Waals surface area contributed by atoms with Gasteiger partial charge < -0.3 is 5.73 Å². The molecule has 0 aromatic rings. The average molecular weight is 138 g/mol. The summed E-state index contributed by atoms with van der Waals surface area (Å²) in [7, 11) is 0. The Kier molecular flexibility index (Phi) is 1.62. The molecule has 10 heavy (non-hydrogen) atoms. The highest BCUT2D eigenvalue weighted by Gasteiger charge is 2.11. The van der Waals surface area contributed by atoms with Crippen molar-refractivity contribution in [3.63, 3.8) is 0 Å². The lowest BCUT2D eigenvalue weighted by Crippen LogP contribution is -2.21. The van der Waals surface area contributed by atoms with Gasteiger partial charge in [0.1, 0.15) is 5.70 Å². The summed E-state index contributed by atoms with van der Waals surface area (Å²) in [4.78, 5) is 3.95. The van der Waals surface area contributed by atoms with Gasteiger partial charge in [-0.25, -0.2) is 4.99 Å². The van der Waals surface area contributed by atoms with Crippen LogP contribution in [0.15, 0.2) is 28.8 Å². The standard InChI is InChI=1S/C6H10N4/c1-3-8-6-5(7)4(2)9-10-6/h3,9-10H,2,7H2,1H3. The Morgan fingerprint density at radius 3 is 2.70 bits per heavy atom. The molecule has 1 rings (SSSR count). The molecule has 54 valence electrons. The minimum absolute atomic E-state index is 0.568. The molecule has 1 aliphatic heterocycles. The van der Waals surface area contributed by atoms with Crippen LogP contribution in [0, 0.1) is 0 Å². The lowest BCUT2D eigenvalue weighted by molar-refractivity contribution is 0.744. The van der Waals surface area contributed by atoms with Crippen molar-refractivity contribution in [3.8, 4) is 0 Å². The van der Waals surface area contributed by atoms with E-state index in [0.717, 1.165) is 0 Å². The second-order valence-electron chi connectivity index (χ2n) is 1.88. The number of aliphatic imine (C=N–C) groups is 1. The lowest BCUT2D eigenvalue weighted by Gasteiger charge is -1.94. The molecule has 0 unspecified atom stereocenters.